The molecule has 0 aromatic heterocycles. The summed E-state index contributed by atoms with van der Waals surface area (Å²) in [6.07, 6.45) is 14.4. The van der Waals surface area contributed by atoms with Crippen LogP contribution in [0.1, 0.15) is 112 Å². The lowest BCUT2D eigenvalue weighted by Gasteiger charge is -2.58. The van der Waals surface area contributed by atoms with Crippen molar-refractivity contribution in [2.45, 2.75) is 124 Å². The molecule has 0 aromatic rings. The minimum absolute atomic E-state index is 0.0640. The highest BCUT2D eigenvalue weighted by Crippen LogP contribution is 2.67. The first kappa shape index (κ1) is 35.1. The number of quaternary nitrogens is 1. The molecular weight excluding hydrogens is 561 g/mol. The van der Waals surface area contributed by atoms with Crippen molar-refractivity contribution in [2.75, 3.05) is 34.3 Å². The molecule has 0 radical (unpaired) electrons. The van der Waals surface area contributed by atoms with Crippen molar-refractivity contribution in [3.63, 3.8) is 0 Å². The van der Waals surface area contributed by atoms with Gasteiger partial charge in [0.2, 0.25) is 0 Å². The van der Waals surface area contributed by atoms with Crippen molar-refractivity contribution >= 4 is 13.8 Å². The first-order valence-electron chi connectivity index (χ1n) is 17.3. The molecule has 3 fully saturated rings. The quantitative estimate of drug-likeness (QED) is 0.0964. The largest absolute Gasteiger partial charge is 0.473 e. The number of ether oxygens (including phenoxy) is 1. The Kier molecular flexibility index (Phi) is 11.1. The van der Waals surface area contributed by atoms with Crippen molar-refractivity contribution in [3.8, 4) is 0 Å². The van der Waals surface area contributed by atoms with Crippen LogP contribution >= 0.6 is 7.82 Å². The van der Waals surface area contributed by atoms with Gasteiger partial charge in [0.25, 0.3) is 0 Å². The number of carbonyl (C=O) groups is 1. The molecule has 4 aliphatic rings. The second kappa shape index (κ2) is 13.6. The highest BCUT2D eigenvalue weighted by atomic mass is 31.2. The SMILES string of the molecule is CC(C)CCC[C@@H](C)[C@H]1CC[C@H]2[C@@H]3CC=C4C[C@@H](OC(=O)[C@H](C)OP(=O)(O)OCC[N+](C)(C)C)CC[C@]4(C)[C@H]3CC[C@]12C. The monoisotopic (exact) mass is 624 g/mol. The van der Waals surface area contributed by atoms with Crippen LogP contribution in [0.15, 0.2) is 11.6 Å². The smallest absolute Gasteiger partial charge is 0.460 e. The van der Waals surface area contributed by atoms with Crippen molar-refractivity contribution in [1.82, 2.24) is 0 Å². The zero-order valence-electron chi connectivity index (χ0n) is 28.8. The van der Waals surface area contributed by atoms with Gasteiger partial charge in [-0.2, -0.15) is 0 Å². The predicted octanol–water partition coefficient (Wildman–Crippen LogP) is 8.17. The van der Waals surface area contributed by atoms with E-state index >= 15 is 0 Å². The molecule has 0 heterocycles. The summed E-state index contributed by atoms with van der Waals surface area (Å²) in [7, 11) is 1.55. The molecule has 10 atom stereocenters. The van der Waals surface area contributed by atoms with Gasteiger partial charge in [0.1, 0.15) is 19.3 Å². The second-order valence-electron chi connectivity index (χ2n) is 16.7. The summed E-state index contributed by atoms with van der Waals surface area (Å²) in [5.41, 5.74) is 2.12. The molecule has 3 saturated carbocycles. The topological polar surface area (TPSA) is 82.1 Å². The summed E-state index contributed by atoms with van der Waals surface area (Å²) < 4.78 is 29.1. The molecule has 43 heavy (non-hydrogen) atoms. The third-order valence-electron chi connectivity index (χ3n) is 12.2. The van der Waals surface area contributed by atoms with Crippen LogP contribution in [0.3, 0.4) is 0 Å². The molecule has 4 aliphatic carbocycles. The molecule has 0 amide bonds. The number of fused-ring (bicyclic) bond motifs is 5. The van der Waals surface area contributed by atoms with E-state index in [1.165, 1.54) is 57.4 Å². The van der Waals surface area contributed by atoms with E-state index in [0.717, 1.165) is 55.3 Å². The van der Waals surface area contributed by atoms with Crippen molar-refractivity contribution in [1.29, 1.82) is 0 Å². The fraction of sp³-hybridized carbons (Fsp3) is 0.914. The Balaban J connectivity index is 1.33. The molecule has 0 aromatic carbocycles. The Morgan fingerprint density at radius 1 is 1.05 bits per heavy atom. The molecule has 0 saturated heterocycles. The normalized spacial score (nSPS) is 37.0. The number of phosphoric ester groups is 1. The lowest BCUT2D eigenvalue weighted by molar-refractivity contribution is -0.870. The summed E-state index contributed by atoms with van der Waals surface area (Å²) >= 11 is 0. The number of likely N-dealkylation sites (N-methyl/N-ethyl adjacent to an activating group) is 1. The Morgan fingerprint density at radius 3 is 2.44 bits per heavy atom. The van der Waals surface area contributed by atoms with E-state index in [1.54, 1.807) is 0 Å². The van der Waals surface area contributed by atoms with Gasteiger partial charge in [0.05, 0.1) is 21.1 Å². The van der Waals surface area contributed by atoms with Gasteiger partial charge in [-0.15, -0.1) is 0 Å². The van der Waals surface area contributed by atoms with Gasteiger partial charge < -0.3 is 14.1 Å². The molecule has 4 rings (SSSR count). The van der Waals surface area contributed by atoms with E-state index in [9.17, 15) is 14.3 Å². The number of esters is 1. The van der Waals surface area contributed by atoms with Crippen LogP contribution in [0.2, 0.25) is 0 Å². The third-order valence-corrected chi connectivity index (χ3v) is 13.3. The standard InChI is InChI=1S/C35H62NO6P/c1-24(2)11-10-12-25(3)30-15-16-31-29-14-13-27-23-28(17-19-34(27,5)32(29)18-20-35(30,31)6)41-33(37)26(4)42-43(38,39)40-22-21-36(7,8)9/h13,24-26,28-32H,10-12,14-23H2,1-9H3/p+1/t25-,26+,28+,29+,30-,31+,32+,34+,35-/m1/s1. The molecule has 1 unspecified atom stereocenters. The predicted molar refractivity (Wildman–Crippen MR) is 172 cm³/mol. The van der Waals surface area contributed by atoms with Gasteiger partial charge in [-0.1, -0.05) is 65.5 Å². The average molecular weight is 625 g/mol. The van der Waals surface area contributed by atoms with Crippen molar-refractivity contribution in [2.24, 2.45) is 46.3 Å². The van der Waals surface area contributed by atoms with Crippen LogP contribution in [0.25, 0.3) is 0 Å². The minimum Gasteiger partial charge on any atom is -0.460 e. The fourth-order valence-corrected chi connectivity index (χ4v) is 10.6. The van der Waals surface area contributed by atoms with Crippen molar-refractivity contribution in [3.05, 3.63) is 11.6 Å². The fourth-order valence-electron chi connectivity index (χ4n) is 9.72. The van der Waals surface area contributed by atoms with E-state index < -0.39 is 19.9 Å². The highest BCUT2D eigenvalue weighted by molar-refractivity contribution is 7.47. The molecular formula is C35H63NO6P+. The lowest BCUT2D eigenvalue weighted by Crippen LogP contribution is -2.51. The van der Waals surface area contributed by atoms with Gasteiger partial charge in [-0.25, -0.2) is 9.36 Å². The van der Waals surface area contributed by atoms with Crippen LogP contribution in [0.4, 0.5) is 0 Å². The van der Waals surface area contributed by atoms with E-state index in [-0.39, 0.29) is 18.1 Å². The number of phosphoric acid groups is 1. The van der Waals surface area contributed by atoms with Gasteiger partial charge >= 0.3 is 13.8 Å². The Labute approximate surface area is 262 Å². The first-order valence-corrected chi connectivity index (χ1v) is 18.8. The van der Waals surface area contributed by atoms with Crippen LogP contribution in [-0.4, -0.2) is 61.8 Å². The van der Waals surface area contributed by atoms with Gasteiger partial charge in [0.15, 0.2) is 6.10 Å². The highest BCUT2D eigenvalue weighted by Gasteiger charge is 2.59. The third kappa shape index (κ3) is 8.17. The molecule has 8 heteroatoms. The van der Waals surface area contributed by atoms with Crippen LogP contribution in [0, 0.1) is 46.3 Å². The Bertz CT molecular complexity index is 1050. The van der Waals surface area contributed by atoms with E-state index in [4.69, 9.17) is 13.8 Å². The number of hydrogen-bond acceptors (Lipinski definition) is 5. The van der Waals surface area contributed by atoms with Gasteiger partial charge in [-0.05, 0) is 98.2 Å². The number of rotatable bonds is 13. The Morgan fingerprint density at radius 2 is 1.77 bits per heavy atom. The Hall–Kier alpha value is -0.720. The number of allylic oxidation sites excluding steroid dienone is 1. The van der Waals surface area contributed by atoms with Crippen LogP contribution < -0.4 is 0 Å². The summed E-state index contributed by atoms with van der Waals surface area (Å²) in [6, 6.07) is 0. The molecule has 7 nitrogen and oxygen atoms in total. The molecule has 0 spiro atoms. The maximum absolute atomic E-state index is 12.9. The lowest BCUT2D eigenvalue weighted by atomic mass is 9.47. The molecule has 1 N–H and O–H groups in total. The maximum Gasteiger partial charge on any atom is 0.473 e. The summed E-state index contributed by atoms with van der Waals surface area (Å²) in [5.74, 6) is 4.19. The second-order valence-corrected chi connectivity index (χ2v) is 18.1. The number of hydrogen-bond donors (Lipinski definition) is 1. The van der Waals surface area contributed by atoms with E-state index in [1.807, 2.05) is 21.1 Å². The zero-order chi connectivity index (χ0) is 31.8. The molecule has 0 bridgehead atoms. The first-order chi connectivity index (χ1) is 19.9. The van der Waals surface area contributed by atoms with Crippen LogP contribution in [0.5, 0.6) is 0 Å². The molecule has 0 aliphatic heterocycles. The summed E-state index contributed by atoms with van der Waals surface area (Å²) in [6.45, 7) is 14.4. The van der Waals surface area contributed by atoms with E-state index in [2.05, 4.69) is 40.7 Å². The van der Waals surface area contributed by atoms with Crippen molar-refractivity contribution < 1.29 is 32.5 Å². The average Bonchev–Trinajstić information content (AvgIpc) is 3.24. The van der Waals surface area contributed by atoms with E-state index in [0.29, 0.717) is 22.4 Å². The molecule has 248 valence electrons. The number of carbonyl (C=O) groups excluding carboxylic acids is 1. The minimum atomic E-state index is -4.35. The van der Waals surface area contributed by atoms with Gasteiger partial charge in [-0.3, -0.25) is 9.05 Å². The zero-order valence-corrected chi connectivity index (χ0v) is 29.7. The van der Waals surface area contributed by atoms with Gasteiger partial charge in [0, 0.05) is 6.42 Å². The summed E-state index contributed by atoms with van der Waals surface area (Å²) in [5, 5.41) is 0. The number of nitrogens with zero attached hydrogens (tertiary/aromatic N) is 1. The van der Waals surface area contributed by atoms with Crippen LogP contribution in [-0.2, 0) is 23.1 Å². The maximum atomic E-state index is 12.9. The summed E-state index contributed by atoms with van der Waals surface area (Å²) in [4.78, 5) is 23.0.